The van der Waals surface area contributed by atoms with Gasteiger partial charge in [0.2, 0.25) is 0 Å². The van der Waals surface area contributed by atoms with Gasteiger partial charge >= 0.3 is 0 Å². The highest BCUT2D eigenvalue weighted by Crippen LogP contribution is 2.33. The van der Waals surface area contributed by atoms with Crippen molar-refractivity contribution in [3.05, 3.63) is 0 Å². The minimum absolute atomic E-state index is 0.138. The van der Waals surface area contributed by atoms with E-state index < -0.39 is 0 Å². The molecule has 1 saturated heterocycles. The summed E-state index contributed by atoms with van der Waals surface area (Å²) >= 11 is 0. The second-order valence-corrected chi connectivity index (χ2v) is 4.86. The average Bonchev–Trinajstić information content (AvgIpc) is 2.16. The normalized spacial score (nSPS) is 41.8. The van der Waals surface area contributed by atoms with Gasteiger partial charge in [-0.15, -0.1) is 0 Å². The van der Waals surface area contributed by atoms with Crippen molar-refractivity contribution in [2.45, 2.75) is 70.9 Å². The van der Waals surface area contributed by atoms with Crippen LogP contribution >= 0.6 is 0 Å². The van der Waals surface area contributed by atoms with E-state index >= 15 is 0 Å². The highest BCUT2D eigenvalue weighted by atomic mass is 16.6. The molecule has 4 atom stereocenters. The molecule has 0 aliphatic carbocycles. The van der Waals surface area contributed by atoms with E-state index in [0.29, 0.717) is 0 Å². The summed E-state index contributed by atoms with van der Waals surface area (Å²) in [5, 5.41) is 0. The van der Waals surface area contributed by atoms with E-state index in [-0.39, 0.29) is 23.9 Å². The SMILES string of the molecule is CC1OC(C)C(C)(CCCCN)OC1C. The number of rotatable bonds is 4. The first-order valence-corrected chi connectivity index (χ1v) is 6.03. The Balaban J connectivity index is 2.50. The fourth-order valence-corrected chi connectivity index (χ4v) is 2.08. The third-order valence-corrected chi connectivity index (χ3v) is 3.52. The van der Waals surface area contributed by atoms with E-state index in [2.05, 4.69) is 27.7 Å². The van der Waals surface area contributed by atoms with Crippen molar-refractivity contribution in [1.29, 1.82) is 0 Å². The number of unbranched alkanes of at least 4 members (excludes halogenated alkanes) is 1. The Bertz CT molecular complexity index is 198. The van der Waals surface area contributed by atoms with Gasteiger partial charge in [-0.1, -0.05) is 0 Å². The van der Waals surface area contributed by atoms with Crippen molar-refractivity contribution in [2.75, 3.05) is 6.54 Å². The smallest absolute Gasteiger partial charge is 0.0917 e. The molecule has 0 saturated carbocycles. The molecule has 15 heavy (non-hydrogen) atoms. The molecule has 4 unspecified atom stereocenters. The first-order valence-electron chi connectivity index (χ1n) is 6.03. The molecule has 3 nitrogen and oxygen atoms in total. The molecular weight excluding hydrogens is 190 g/mol. The monoisotopic (exact) mass is 215 g/mol. The average molecular weight is 215 g/mol. The van der Waals surface area contributed by atoms with Crippen LogP contribution in [0.4, 0.5) is 0 Å². The molecular formula is C12H25NO2. The number of ether oxygens (including phenoxy) is 2. The fourth-order valence-electron chi connectivity index (χ4n) is 2.08. The van der Waals surface area contributed by atoms with Crippen molar-refractivity contribution in [2.24, 2.45) is 5.73 Å². The van der Waals surface area contributed by atoms with Crippen molar-refractivity contribution < 1.29 is 9.47 Å². The molecule has 1 heterocycles. The highest BCUT2D eigenvalue weighted by Gasteiger charge is 2.40. The predicted octanol–water partition coefficient (Wildman–Crippen LogP) is 2.09. The molecule has 0 radical (unpaired) electrons. The number of nitrogens with two attached hydrogens (primary N) is 1. The van der Waals surface area contributed by atoms with Gasteiger partial charge in [0.25, 0.3) is 0 Å². The van der Waals surface area contributed by atoms with Gasteiger partial charge in [0.15, 0.2) is 0 Å². The summed E-state index contributed by atoms with van der Waals surface area (Å²) in [6, 6.07) is 0. The first kappa shape index (κ1) is 12.9. The maximum absolute atomic E-state index is 6.08. The molecule has 0 spiro atoms. The quantitative estimate of drug-likeness (QED) is 0.730. The molecule has 2 N–H and O–H groups in total. The van der Waals surface area contributed by atoms with Crippen LogP contribution < -0.4 is 5.73 Å². The zero-order valence-corrected chi connectivity index (χ0v) is 10.5. The van der Waals surface area contributed by atoms with Gasteiger partial charge in [0, 0.05) is 0 Å². The number of hydrogen-bond acceptors (Lipinski definition) is 3. The molecule has 0 aromatic heterocycles. The Hall–Kier alpha value is -0.120. The summed E-state index contributed by atoms with van der Waals surface area (Å²) in [7, 11) is 0. The Kier molecular flexibility index (Phi) is 4.56. The summed E-state index contributed by atoms with van der Waals surface area (Å²) in [6.07, 6.45) is 3.76. The van der Waals surface area contributed by atoms with Crippen LogP contribution in [0.1, 0.15) is 47.0 Å². The maximum Gasteiger partial charge on any atom is 0.0917 e. The molecule has 1 fully saturated rings. The van der Waals surface area contributed by atoms with Gasteiger partial charge in [-0.3, -0.25) is 0 Å². The van der Waals surface area contributed by atoms with Gasteiger partial charge in [0.1, 0.15) is 0 Å². The van der Waals surface area contributed by atoms with Crippen molar-refractivity contribution >= 4 is 0 Å². The maximum atomic E-state index is 6.08. The predicted molar refractivity (Wildman–Crippen MR) is 61.9 cm³/mol. The molecule has 0 aromatic rings. The van der Waals surface area contributed by atoms with E-state index in [0.717, 1.165) is 25.8 Å². The van der Waals surface area contributed by atoms with E-state index in [1.54, 1.807) is 0 Å². The van der Waals surface area contributed by atoms with Crippen LogP contribution in [0.3, 0.4) is 0 Å². The van der Waals surface area contributed by atoms with Crippen molar-refractivity contribution in [3.8, 4) is 0 Å². The van der Waals surface area contributed by atoms with E-state index in [1.165, 1.54) is 0 Å². The van der Waals surface area contributed by atoms with Crippen LogP contribution in [0.5, 0.6) is 0 Å². The third kappa shape index (κ3) is 3.16. The standard InChI is InChI=1S/C12H25NO2/c1-9-10(2)15-12(4,11(3)14-9)7-5-6-8-13/h9-11H,5-8,13H2,1-4H3. The Morgan fingerprint density at radius 2 is 1.80 bits per heavy atom. The topological polar surface area (TPSA) is 44.5 Å². The third-order valence-electron chi connectivity index (χ3n) is 3.52. The van der Waals surface area contributed by atoms with Crippen LogP contribution in [0.15, 0.2) is 0 Å². The van der Waals surface area contributed by atoms with Gasteiger partial charge in [0.05, 0.1) is 23.9 Å². The Labute approximate surface area is 93.3 Å². The lowest BCUT2D eigenvalue weighted by Crippen LogP contribution is -2.53. The second kappa shape index (κ2) is 5.28. The zero-order valence-electron chi connectivity index (χ0n) is 10.5. The van der Waals surface area contributed by atoms with Crippen LogP contribution in [0.2, 0.25) is 0 Å². The summed E-state index contributed by atoms with van der Waals surface area (Å²) in [4.78, 5) is 0. The molecule has 3 heteroatoms. The van der Waals surface area contributed by atoms with Crippen molar-refractivity contribution in [1.82, 2.24) is 0 Å². The zero-order chi connectivity index (χ0) is 11.5. The highest BCUT2D eigenvalue weighted by molar-refractivity contribution is 4.88. The fraction of sp³-hybridized carbons (Fsp3) is 1.00. The summed E-state index contributed by atoms with van der Waals surface area (Å²) in [5.41, 5.74) is 5.36. The van der Waals surface area contributed by atoms with E-state index in [4.69, 9.17) is 15.2 Å². The second-order valence-electron chi connectivity index (χ2n) is 4.86. The Morgan fingerprint density at radius 1 is 1.13 bits per heavy atom. The first-order chi connectivity index (χ1) is 6.99. The molecule has 1 aliphatic rings. The van der Waals surface area contributed by atoms with Gasteiger partial charge in [-0.05, 0) is 53.5 Å². The van der Waals surface area contributed by atoms with Gasteiger partial charge in [-0.2, -0.15) is 0 Å². The van der Waals surface area contributed by atoms with Gasteiger partial charge < -0.3 is 15.2 Å². The van der Waals surface area contributed by atoms with Crippen molar-refractivity contribution in [3.63, 3.8) is 0 Å². The van der Waals surface area contributed by atoms with Crippen LogP contribution in [-0.2, 0) is 9.47 Å². The lowest BCUT2D eigenvalue weighted by atomic mass is 9.91. The summed E-state index contributed by atoms with van der Waals surface area (Å²) < 4.78 is 12.0. The summed E-state index contributed by atoms with van der Waals surface area (Å²) in [6.45, 7) is 9.16. The molecule has 0 amide bonds. The van der Waals surface area contributed by atoms with E-state index in [9.17, 15) is 0 Å². The van der Waals surface area contributed by atoms with Crippen LogP contribution in [-0.4, -0.2) is 30.5 Å². The lowest BCUT2D eigenvalue weighted by molar-refractivity contribution is -0.252. The molecule has 0 aromatic carbocycles. The van der Waals surface area contributed by atoms with Gasteiger partial charge in [-0.25, -0.2) is 0 Å². The lowest BCUT2D eigenvalue weighted by Gasteiger charge is -2.45. The Morgan fingerprint density at radius 3 is 2.40 bits per heavy atom. The van der Waals surface area contributed by atoms with Crippen LogP contribution in [0, 0.1) is 0 Å². The molecule has 90 valence electrons. The molecule has 1 rings (SSSR count). The summed E-state index contributed by atoms with van der Waals surface area (Å²) in [5.74, 6) is 0. The molecule has 1 aliphatic heterocycles. The minimum atomic E-state index is -0.138. The minimum Gasteiger partial charge on any atom is -0.370 e. The van der Waals surface area contributed by atoms with E-state index in [1.807, 2.05) is 0 Å². The van der Waals surface area contributed by atoms with Crippen LogP contribution in [0.25, 0.3) is 0 Å². The largest absolute Gasteiger partial charge is 0.370 e. The number of hydrogen-bond donors (Lipinski definition) is 1. The molecule has 0 bridgehead atoms.